The van der Waals surface area contributed by atoms with Gasteiger partial charge in [-0.3, -0.25) is 0 Å². The number of nitrogens with zero attached hydrogens (tertiary/aromatic N) is 1. The van der Waals surface area contributed by atoms with Gasteiger partial charge < -0.3 is 9.64 Å². The summed E-state index contributed by atoms with van der Waals surface area (Å²) in [5.41, 5.74) is 1.65. The van der Waals surface area contributed by atoms with Crippen molar-refractivity contribution in [1.29, 1.82) is 0 Å². The molecule has 1 aliphatic rings. The van der Waals surface area contributed by atoms with Crippen molar-refractivity contribution in [2.75, 3.05) is 26.2 Å². The van der Waals surface area contributed by atoms with E-state index in [0.29, 0.717) is 0 Å². The van der Waals surface area contributed by atoms with Gasteiger partial charge in [-0.25, -0.2) is 0 Å². The molecule has 1 aliphatic heterocycles. The molecule has 1 fully saturated rings. The molecule has 1 unspecified atom stereocenters. The van der Waals surface area contributed by atoms with Crippen molar-refractivity contribution in [1.82, 2.24) is 4.90 Å². The van der Waals surface area contributed by atoms with Gasteiger partial charge in [0, 0.05) is 6.54 Å². The van der Waals surface area contributed by atoms with Gasteiger partial charge in [-0.1, -0.05) is 39.8 Å². The van der Waals surface area contributed by atoms with Crippen molar-refractivity contribution in [3.63, 3.8) is 0 Å². The number of hydrogen-bond donors (Lipinski definition) is 0. The summed E-state index contributed by atoms with van der Waals surface area (Å²) in [7, 11) is 0. The molecule has 0 spiro atoms. The average molecular weight is 332 g/mol. The molecule has 1 saturated heterocycles. The minimum Gasteiger partial charge on any atom is -0.494 e. The maximum atomic E-state index is 5.90. The molecule has 0 aliphatic carbocycles. The molecule has 24 heavy (non-hydrogen) atoms. The smallest absolute Gasteiger partial charge is 0.119 e. The lowest BCUT2D eigenvalue weighted by Gasteiger charge is -2.30. The van der Waals surface area contributed by atoms with E-state index in [1.54, 1.807) is 0 Å². The Kier molecular flexibility index (Phi) is 7.61. The minimum atomic E-state index is 0.254. The number of benzene rings is 1. The van der Waals surface area contributed by atoms with Gasteiger partial charge in [-0.2, -0.15) is 0 Å². The van der Waals surface area contributed by atoms with E-state index in [0.717, 1.165) is 31.1 Å². The molecule has 1 aromatic carbocycles. The predicted octanol–water partition coefficient (Wildman–Crippen LogP) is 5.66. The Morgan fingerprint density at radius 3 is 2.54 bits per heavy atom. The van der Waals surface area contributed by atoms with Gasteiger partial charge in [0.2, 0.25) is 0 Å². The maximum Gasteiger partial charge on any atom is 0.119 e. The van der Waals surface area contributed by atoms with Gasteiger partial charge in [-0.15, -0.1) is 0 Å². The van der Waals surface area contributed by atoms with Crippen LogP contribution in [0, 0.1) is 5.92 Å². The Bertz CT molecular complexity index is 465. The van der Waals surface area contributed by atoms with Crippen molar-refractivity contribution in [2.24, 2.45) is 5.92 Å². The topological polar surface area (TPSA) is 12.5 Å². The van der Waals surface area contributed by atoms with E-state index in [4.69, 9.17) is 4.74 Å². The second-order valence-electron chi connectivity index (χ2n) is 8.22. The quantitative estimate of drug-likeness (QED) is 0.542. The molecular weight excluding hydrogens is 294 g/mol. The summed E-state index contributed by atoms with van der Waals surface area (Å²) in [5, 5.41) is 0. The zero-order valence-corrected chi connectivity index (χ0v) is 16.3. The molecule has 2 rings (SSSR count). The Morgan fingerprint density at radius 1 is 1.12 bits per heavy atom. The molecule has 0 N–H and O–H groups in total. The molecule has 1 heterocycles. The first-order valence-corrected chi connectivity index (χ1v) is 9.97. The highest BCUT2D eigenvalue weighted by atomic mass is 16.5. The van der Waals surface area contributed by atoms with Crippen molar-refractivity contribution < 1.29 is 4.74 Å². The third-order valence-electron chi connectivity index (χ3n) is 5.65. The monoisotopic (exact) mass is 331 g/mol. The second-order valence-corrected chi connectivity index (χ2v) is 8.22. The molecular formula is C22H37NO. The van der Waals surface area contributed by atoms with Crippen LogP contribution in [0.1, 0.15) is 71.8 Å². The fourth-order valence-electron chi connectivity index (χ4n) is 3.50. The molecule has 1 atom stereocenters. The Hall–Kier alpha value is -1.02. The molecule has 0 bridgehead atoms. The normalized spacial score (nSPS) is 19.4. The number of ether oxygens (including phenoxy) is 1. The number of piperidine rings is 1. The highest BCUT2D eigenvalue weighted by Crippen LogP contribution is 2.28. The molecule has 2 nitrogen and oxygen atoms in total. The summed E-state index contributed by atoms with van der Waals surface area (Å²) in [6.45, 7) is 13.9. The number of hydrogen-bond acceptors (Lipinski definition) is 2. The fourth-order valence-corrected chi connectivity index (χ4v) is 3.50. The van der Waals surface area contributed by atoms with E-state index in [9.17, 15) is 0 Å². The van der Waals surface area contributed by atoms with Crippen LogP contribution in [-0.4, -0.2) is 31.1 Å². The van der Waals surface area contributed by atoms with Crippen LogP contribution < -0.4 is 4.74 Å². The van der Waals surface area contributed by atoms with E-state index in [-0.39, 0.29) is 5.41 Å². The Morgan fingerprint density at radius 2 is 1.88 bits per heavy atom. The van der Waals surface area contributed by atoms with Gasteiger partial charge in [0.05, 0.1) is 6.61 Å². The zero-order chi connectivity index (χ0) is 17.4. The van der Waals surface area contributed by atoms with Crippen LogP contribution in [0.3, 0.4) is 0 Å². The van der Waals surface area contributed by atoms with Gasteiger partial charge in [-0.05, 0) is 80.6 Å². The van der Waals surface area contributed by atoms with E-state index >= 15 is 0 Å². The SMILES string of the molecule is CCC(C)(C)c1ccc(OCCCCCN2CCCC(C)C2)cc1. The van der Waals surface area contributed by atoms with Gasteiger partial charge in [0.25, 0.3) is 0 Å². The first kappa shape index (κ1) is 19.3. The Balaban J connectivity index is 1.59. The van der Waals surface area contributed by atoms with E-state index in [1.165, 1.54) is 50.9 Å². The lowest BCUT2D eigenvalue weighted by molar-refractivity contribution is 0.179. The molecule has 1 aromatic rings. The summed E-state index contributed by atoms with van der Waals surface area (Å²) in [6, 6.07) is 8.69. The molecule has 136 valence electrons. The van der Waals surface area contributed by atoms with Crippen LogP contribution in [-0.2, 0) is 5.41 Å². The van der Waals surface area contributed by atoms with Crippen molar-refractivity contribution in [2.45, 2.75) is 71.6 Å². The highest BCUT2D eigenvalue weighted by Gasteiger charge is 2.17. The minimum absolute atomic E-state index is 0.254. The maximum absolute atomic E-state index is 5.90. The zero-order valence-electron chi connectivity index (χ0n) is 16.3. The largest absolute Gasteiger partial charge is 0.494 e. The first-order chi connectivity index (χ1) is 11.5. The van der Waals surface area contributed by atoms with Gasteiger partial charge in [0.1, 0.15) is 5.75 Å². The van der Waals surface area contributed by atoms with Crippen LogP contribution in [0.15, 0.2) is 24.3 Å². The summed E-state index contributed by atoms with van der Waals surface area (Å²) in [4.78, 5) is 2.64. The average Bonchev–Trinajstić information content (AvgIpc) is 2.58. The van der Waals surface area contributed by atoms with Crippen LogP contribution in [0.5, 0.6) is 5.75 Å². The lowest BCUT2D eigenvalue weighted by atomic mass is 9.82. The molecule has 0 saturated carbocycles. The predicted molar refractivity (Wildman–Crippen MR) is 104 cm³/mol. The fraction of sp³-hybridized carbons (Fsp3) is 0.727. The number of unbranched alkanes of at least 4 members (excludes halogenated alkanes) is 2. The summed E-state index contributed by atoms with van der Waals surface area (Å²) < 4.78 is 5.90. The van der Waals surface area contributed by atoms with Crippen molar-refractivity contribution in [3.8, 4) is 5.75 Å². The van der Waals surface area contributed by atoms with Crippen LogP contribution >= 0.6 is 0 Å². The third kappa shape index (κ3) is 6.12. The first-order valence-electron chi connectivity index (χ1n) is 9.97. The number of rotatable bonds is 9. The van der Waals surface area contributed by atoms with Gasteiger partial charge >= 0.3 is 0 Å². The summed E-state index contributed by atoms with van der Waals surface area (Å²) in [6.07, 6.45) is 7.69. The van der Waals surface area contributed by atoms with Crippen molar-refractivity contribution in [3.05, 3.63) is 29.8 Å². The van der Waals surface area contributed by atoms with Crippen LogP contribution in [0.4, 0.5) is 0 Å². The lowest BCUT2D eigenvalue weighted by Crippen LogP contribution is -2.34. The molecule has 0 radical (unpaired) electrons. The molecule has 0 aromatic heterocycles. The van der Waals surface area contributed by atoms with Crippen LogP contribution in [0.25, 0.3) is 0 Å². The standard InChI is InChI=1S/C22H37NO/c1-5-22(3,4)20-11-13-21(14-12-20)24-17-8-6-7-15-23-16-9-10-19(2)18-23/h11-14,19H,5-10,15-18H2,1-4H3. The summed E-state index contributed by atoms with van der Waals surface area (Å²) in [5.74, 6) is 1.90. The van der Waals surface area contributed by atoms with Gasteiger partial charge in [0.15, 0.2) is 0 Å². The second kappa shape index (κ2) is 9.46. The highest BCUT2D eigenvalue weighted by molar-refractivity contribution is 5.31. The van der Waals surface area contributed by atoms with E-state index in [2.05, 4.69) is 56.9 Å². The number of likely N-dealkylation sites (tertiary alicyclic amines) is 1. The van der Waals surface area contributed by atoms with E-state index in [1.807, 2.05) is 0 Å². The molecule has 2 heteroatoms. The summed E-state index contributed by atoms with van der Waals surface area (Å²) >= 11 is 0. The van der Waals surface area contributed by atoms with E-state index < -0.39 is 0 Å². The van der Waals surface area contributed by atoms with Crippen LogP contribution in [0.2, 0.25) is 0 Å². The Labute approximate surface area is 149 Å². The molecule has 0 amide bonds. The van der Waals surface area contributed by atoms with Crippen molar-refractivity contribution >= 4 is 0 Å². The third-order valence-corrected chi connectivity index (χ3v) is 5.65.